The molecule has 0 aliphatic rings. The van der Waals surface area contributed by atoms with Gasteiger partial charge in [-0.05, 0) is 18.2 Å². The van der Waals surface area contributed by atoms with Crippen molar-refractivity contribution in [2.24, 2.45) is 0 Å². The highest BCUT2D eigenvalue weighted by Crippen LogP contribution is 2.34. The van der Waals surface area contributed by atoms with Crippen LogP contribution in [0.25, 0.3) is 22.2 Å². The van der Waals surface area contributed by atoms with Crippen molar-refractivity contribution in [3.63, 3.8) is 0 Å². The van der Waals surface area contributed by atoms with Crippen LogP contribution < -0.4 is 0 Å². The van der Waals surface area contributed by atoms with Crippen molar-refractivity contribution in [2.45, 2.75) is 5.16 Å². The number of imidazole rings is 1. The number of aliphatic carboxylic acids is 1. The molecule has 0 aliphatic carbocycles. The van der Waals surface area contributed by atoms with Gasteiger partial charge in [-0.3, -0.25) is 4.79 Å². The minimum Gasteiger partial charge on any atom is -0.481 e. The quantitative estimate of drug-likeness (QED) is 0.700. The summed E-state index contributed by atoms with van der Waals surface area (Å²) < 4.78 is 0. The van der Waals surface area contributed by atoms with Gasteiger partial charge in [0.2, 0.25) is 0 Å². The van der Waals surface area contributed by atoms with E-state index in [1.807, 2.05) is 12.1 Å². The Morgan fingerprint density at radius 3 is 2.87 bits per heavy atom. The highest BCUT2D eigenvalue weighted by atomic mass is 35.5. The Hall–Kier alpha value is -2.49. The van der Waals surface area contributed by atoms with Crippen LogP contribution in [0.5, 0.6) is 0 Å². The van der Waals surface area contributed by atoms with Crippen LogP contribution in [0.1, 0.15) is 5.56 Å². The van der Waals surface area contributed by atoms with Gasteiger partial charge in [0.05, 0.1) is 33.4 Å². The molecule has 0 aliphatic heterocycles. The summed E-state index contributed by atoms with van der Waals surface area (Å²) >= 11 is 7.45. The lowest BCUT2D eigenvalue weighted by atomic mass is 10.00. The molecule has 0 saturated heterocycles. The summed E-state index contributed by atoms with van der Waals surface area (Å²) in [6.45, 7) is 0. The van der Waals surface area contributed by atoms with Crippen LogP contribution in [0.3, 0.4) is 0 Å². The fourth-order valence-electron chi connectivity index (χ4n) is 2.23. The van der Waals surface area contributed by atoms with Crippen molar-refractivity contribution in [1.82, 2.24) is 9.97 Å². The van der Waals surface area contributed by atoms with Gasteiger partial charge < -0.3 is 10.1 Å². The van der Waals surface area contributed by atoms with E-state index in [0.717, 1.165) is 28.4 Å². The molecule has 2 N–H and O–H groups in total. The molecule has 3 aromatic rings. The lowest BCUT2D eigenvalue weighted by molar-refractivity contribution is -0.133. The standard InChI is InChI=1S/C16H10ClN3O2S/c17-12-6-14-13(19-16(20-14)23-8-15(21)22)5-11(12)10-4-2-1-3-9(10)7-18/h1-6H,8H2,(H,19,20)(H,21,22). The molecule has 5 nitrogen and oxygen atoms in total. The van der Waals surface area contributed by atoms with Crippen molar-refractivity contribution in [3.8, 4) is 17.2 Å². The maximum atomic E-state index is 10.6. The van der Waals surface area contributed by atoms with Crippen LogP contribution in [-0.4, -0.2) is 26.8 Å². The van der Waals surface area contributed by atoms with Gasteiger partial charge in [-0.15, -0.1) is 0 Å². The number of hydrogen-bond donors (Lipinski definition) is 2. The first-order chi connectivity index (χ1) is 11.1. The summed E-state index contributed by atoms with van der Waals surface area (Å²) in [6, 6.07) is 12.9. The first-order valence-electron chi connectivity index (χ1n) is 6.62. The summed E-state index contributed by atoms with van der Waals surface area (Å²) in [5.41, 5.74) is 3.39. The number of aromatic nitrogens is 2. The Morgan fingerprint density at radius 1 is 1.35 bits per heavy atom. The van der Waals surface area contributed by atoms with E-state index in [9.17, 15) is 10.1 Å². The molecule has 0 amide bonds. The third-order valence-corrected chi connectivity index (χ3v) is 4.39. The van der Waals surface area contributed by atoms with E-state index in [0.29, 0.717) is 21.3 Å². The van der Waals surface area contributed by atoms with Gasteiger partial charge in [-0.2, -0.15) is 5.26 Å². The van der Waals surface area contributed by atoms with Crippen LogP contribution in [-0.2, 0) is 4.79 Å². The Labute approximate surface area is 140 Å². The zero-order valence-corrected chi connectivity index (χ0v) is 13.3. The van der Waals surface area contributed by atoms with Crippen molar-refractivity contribution >= 4 is 40.4 Å². The van der Waals surface area contributed by atoms with Gasteiger partial charge in [0, 0.05) is 11.1 Å². The van der Waals surface area contributed by atoms with E-state index in [-0.39, 0.29) is 5.75 Å². The Morgan fingerprint density at radius 2 is 2.13 bits per heavy atom. The SMILES string of the molecule is N#Cc1ccccc1-c1cc2nc(SCC(=O)O)[nH]c2cc1Cl. The summed E-state index contributed by atoms with van der Waals surface area (Å²) in [4.78, 5) is 18.0. The van der Waals surface area contributed by atoms with Gasteiger partial charge in [-0.25, -0.2) is 4.98 Å². The molecule has 0 bridgehead atoms. The van der Waals surface area contributed by atoms with Crippen molar-refractivity contribution < 1.29 is 9.90 Å². The number of halogens is 1. The molecule has 7 heteroatoms. The van der Waals surface area contributed by atoms with Crippen LogP contribution in [0.4, 0.5) is 0 Å². The summed E-state index contributed by atoms with van der Waals surface area (Å²) in [5, 5.41) is 19.0. The van der Waals surface area contributed by atoms with Crippen LogP contribution in [0, 0.1) is 11.3 Å². The van der Waals surface area contributed by atoms with Crippen molar-refractivity contribution in [1.29, 1.82) is 5.26 Å². The predicted molar refractivity (Wildman–Crippen MR) is 89.6 cm³/mol. The largest absolute Gasteiger partial charge is 0.481 e. The second-order valence-electron chi connectivity index (χ2n) is 4.73. The number of carbonyl (C=O) groups is 1. The molecule has 114 valence electrons. The zero-order valence-electron chi connectivity index (χ0n) is 11.7. The zero-order chi connectivity index (χ0) is 16.4. The molecule has 0 fully saturated rings. The normalized spacial score (nSPS) is 10.6. The topological polar surface area (TPSA) is 89.8 Å². The highest BCUT2D eigenvalue weighted by molar-refractivity contribution is 7.99. The maximum Gasteiger partial charge on any atom is 0.313 e. The molecular weight excluding hydrogens is 334 g/mol. The monoisotopic (exact) mass is 343 g/mol. The summed E-state index contributed by atoms with van der Waals surface area (Å²) in [7, 11) is 0. The number of thioether (sulfide) groups is 1. The van der Waals surface area contributed by atoms with Gasteiger partial charge >= 0.3 is 5.97 Å². The molecule has 0 spiro atoms. The molecule has 2 aromatic carbocycles. The number of nitrogens with one attached hydrogen (secondary N) is 1. The number of nitriles is 1. The van der Waals surface area contributed by atoms with Crippen LogP contribution >= 0.6 is 23.4 Å². The average Bonchev–Trinajstić information content (AvgIpc) is 2.93. The first kappa shape index (κ1) is 15.4. The third kappa shape index (κ3) is 3.16. The summed E-state index contributed by atoms with van der Waals surface area (Å²) in [6.07, 6.45) is 0. The number of nitrogens with zero attached hydrogens (tertiary/aromatic N) is 2. The van der Waals surface area contributed by atoms with E-state index in [1.165, 1.54) is 0 Å². The fourth-order valence-corrected chi connectivity index (χ4v) is 3.10. The molecular formula is C16H10ClN3O2S. The maximum absolute atomic E-state index is 10.6. The number of rotatable bonds is 4. The van der Waals surface area contributed by atoms with Gasteiger partial charge in [0.1, 0.15) is 0 Å². The van der Waals surface area contributed by atoms with E-state index in [4.69, 9.17) is 16.7 Å². The third-order valence-electron chi connectivity index (χ3n) is 3.22. The number of carboxylic acid groups (broad SMARTS) is 1. The van der Waals surface area contributed by atoms with E-state index >= 15 is 0 Å². The number of hydrogen-bond acceptors (Lipinski definition) is 4. The predicted octanol–water partition coefficient (Wildman–Crippen LogP) is 3.93. The second kappa shape index (κ2) is 6.32. The minimum absolute atomic E-state index is 0.0717. The van der Waals surface area contributed by atoms with E-state index in [1.54, 1.807) is 24.3 Å². The highest BCUT2D eigenvalue weighted by Gasteiger charge is 2.13. The average molecular weight is 344 g/mol. The molecule has 0 saturated carbocycles. The molecule has 1 aromatic heterocycles. The van der Waals surface area contributed by atoms with Crippen molar-refractivity contribution in [2.75, 3.05) is 5.75 Å². The summed E-state index contributed by atoms with van der Waals surface area (Å²) in [5.74, 6) is -0.977. The number of H-pyrrole nitrogens is 1. The second-order valence-corrected chi connectivity index (χ2v) is 6.10. The number of fused-ring (bicyclic) bond motifs is 1. The number of carboxylic acids is 1. The van der Waals surface area contributed by atoms with Crippen LogP contribution in [0.15, 0.2) is 41.6 Å². The lowest BCUT2D eigenvalue weighted by Gasteiger charge is -2.06. The Kier molecular flexibility index (Phi) is 4.24. The first-order valence-corrected chi connectivity index (χ1v) is 7.98. The minimum atomic E-state index is -0.905. The molecule has 3 rings (SSSR count). The molecule has 1 heterocycles. The van der Waals surface area contributed by atoms with Gasteiger partial charge in [-0.1, -0.05) is 41.6 Å². The Balaban J connectivity index is 2.07. The lowest BCUT2D eigenvalue weighted by Crippen LogP contribution is -1.97. The number of benzene rings is 2. The molecule has 0 unspecified atom stereocenters. The number of aromatic amines is 1. The molecule has 0 radical (unpaired) electrons. The van der Waals surface area contributed by atoms with E-state index in [2.05, 4.69) is 16.0 Å². The van der Waals surface area contributed by atoms with E-state index < -0.39 is 5.97 Å². The smallest absolute Gasteiger partial charge is 0.313 e. The molecule has 0 atom stereocenters. The van der Waals surface area contributed by atoms with Gasteiger partial charge in [0.25, 0.3) is 0 Å². The van der Waals surface area contributed by atoms with Crippen LogP contribution in [0.2, 0.25) is 5.02 Å². The fraction of sp³-hybridized carbons (Fsp3) is 0.0625. The Bertz CT molecular complexity index is 946. The van der Waals surface area contributed by atoms with Gasteiger partial charge in [0.15, 0.2) is 5.16 Å². The molecule has 23 heavy (non-hydrogen) atoms. The van der Waals surface area contributed by atoms with Crippen molar-refractivity contribution in [3.05, 3.63) is 47.0 Å².